The molecule has 0 spiro atoms. The van der Waals surface area contributed by atoms with Crippen LogP contribution in [0.3, 0.4) is 0 Å². The van der Waals surface area contributed by atoms with Gasteiger partial charge in [-0.2, -0.15) is 0 Å². The maximum atomic E-state index is 3.38. The van der Waals surface area contributed by atoms with Crippen molar-refractivity contribution in [2.24, 2.45) is 0 Å². The third-order valence-electron chi connectivity index (χ3n) is 5.14. The van der Waals surface area contributed by atoms with Gasteiger partial charge in [-0.3, -0.25) is 0 Å². The minimum absolute atomic E-state index is 1.10. The van der Waals surface area contributed by atoms with E-state index in [0.717, 1.165) is 22.7 Å². The van der Waals surface area contributed by atoms with E-state index in [1.54, 1.807) is 0 Å². The molecule has 0 aliphatic carbocycles. The van der Waals surface area contributed by atoms with Gasteiger partial charge in [-0.05, 0) is 72.1 Å². The van der Waals surface area contributed by atoms with Crippen LogP contribution in [0.15, 0.2) is 140 Å². The van der Waals surface area contributed by atoms with Gasteiger partial charge in [-0.1, -0.05) is 91.0 Å². The second-order valence-corrected chi connectivity index (χ2v) is 7.79. The van der Waals surface area contributed by atoms with Crippen molar-refractivity contribution in [3.8, 4) is 11.1 Å². The Hall–Kier alpha value is -4.30. The van der Waals surface area contributed by atoms with Crippen molar-refractivity contribution in [2.45, 2.75) is 6.92 Å². The Morgan fingerprint density at radius 2 is 0.788 bits per heavy atom. The standard InChI is InChI=1S/C18H15N.C13H13N/c1-3-7-15(8-4-1)16-11-13-18(14-12-16)19-17-9-5-2-6-10-17;1-11-6-5-9-13(10-11)14-12-7-3-2-4-8-12/h1-14,19H;2-10,14H,1H3. The number of hydrogen-bond acceptors (Lipinski definition) is 2. The lowest BCUT2D eigenvalue weighted by molar-refractivity contribution is 1.45. The summed E-state index contributed by atoms with van der Waals surface area (Å²) in [5, 5.41) is 6.73. The van der Waals surface area contributed by atoms with Crippen molar-refractivity contribution in [3.63, 3.8) is 0 Å². The van der Waals surface area contributed by atoms with E-state index >= 15 is 0 Å². The van der Waals surface area contributed by atoms with Gasteiger partial charge < -0.3 is 10.6 Å². The van der Waals surface area contributed by atoms with Crippen LogP contribution >= 0.6 is 0 Å². The highest BCUT2D eigenvalue weighted by molar-refractivity contribution is 5.68. The molecule has 0 bridgehead atoms. The van der Waals surface area contributed by atoms with E-state index in [9.17, 15) is 0 Å². The van der Waals surface area contributed by atoms with Crippen LogP contribution in [-0.2, 0) is 0 Å². The predicted octanol–water partition coefficient (Wildman–Crippen LogP) is 8.84. The molecular weight excluding hydrogens is 400 g/mol. The van der Waals surface area contributed by atoms with Gasteiger partial charge >= 0.3 is 0 Å². The summed E-state index contributed by atoms with van der Waals surface area (Å²) in [6.07, 6.45) is 0. The van der Waals surface area contributed by atoms with Crippen LogP contribution in [0.2, 0.25) is 0 Å². The van der Waals surface area contributed by atoms with E-state index < -0.39 is 0 Å². The van der Waals surface area contributed by atoms with Gasteiger partial charge in [0, 0.05) is 22.7 Å². The number of hydrogen-bond donors (Lipinski definition) is 2. The van der Waals surface area contributed by atoms with Crippen molar-refractivity contribution >= 4 is 22.7 Å². The zero-order chi connectivity index (χ0) is 22.7. The third-order valence-corrected chi connectivity index (χ3v) is 5.14. The average molecular weight is 429 g/mol. The van der Waals surface area contributed by atoms with E-state index in [1.165, 1.54) is 16.7 Å². The van der Waals surface area contributed by atoms with Crippen molar-refractivity contribution in [2.75, 3.05) is 10.6 Å². The number of anilines is 4. The van der Waals surface area contributed by atoms with E-state index in [0.29, 0.717) is 0 Å². The maximum absolute atomic E-state index is 3.38. The molecular formula is C31H28N2. The fourth-order valence-corrected chi connectivity index (χ4v) is 3.48. The number of nitrogens with one attached hydrogen (secondary N) is 2. The van der Waals surface area contributed by atoms with E-state index in [-0.39, 0.29) is 0 Å². The average Bonchev–Trinajstić information content (AvgIpc) is 2.87. The van der Waals surface area contributed by atoms with Gasteiger partial charge in [0.15, 0.2) is 0 Å². The molecule has 0 unspecified atom stereocenters. The highest BCUT2D eigenvalue weighted by Gasteiger charge is 1.98. The first-order valence-corrected chi connectivity index (χ1v) is 11.1. The first-order valence-electron chi connectivity index (χ1n) is 11.1. The van der Waals surface area contributed by atoms with E-state index in [1.807, 2.05) is 42.5 Å². The molecule has 33 heavy (non-hydrogen) atoms. The molecule has 0 saturated carbocycles. The Kier molecular flexibility index (Phi) is 7.54. The normalized spacial score (nSPS) is 9.97. The van der Waals surface area contributed by atoms with Gasteiger partial charge in [0.05, 0.1) is 0 Å². The van der Waals surface area contributed by atoms with Crippen LogP contribution in [0, 0.1) is 6.92 Å². The molecule has 5 aromatic carbocycles. The topological polar surface area (TPSA) is 24.1 Å². The van der Waals surface area contributed by atoms with Gasteiger partial charge in [0.2, 0.25) is 0 Å². The smallest absolute Gasteiger partial charge is 0.0386 e. The minimum Gasteiger partial charge on any atom is -0.356 e. The van der Waals surface area contributed by atoms with Crippen molar-refractivity contribution in [1.29, 1.82) is 0 Å². The predicted molar refractivity (Wildman–Crippen MR) is 143 cm³/mol. The molecule has 0 aromatic heterocycles. The Morgan fingerprint density at radius 1 is 0.364 bits per heavy atom. The lowest BCUT2D eigenvalue weighted by Crippen LogP contribution is -1.89. The molecule has 0 amide bonds. The summed E-state index contributed by atoms with van der Waals surface area (Å²) < 4.78 is 0. The summed E-state index contributed by atoms with van der Waals surface area (Å²) in [7, 11) is 0. The molecule has 2 nitrogen and oxygen atoms in total. The first-order chi connectivity index (χ1) is 16.3. The van der Waals surface area contributed by atoms with Gasteiger partial charge in [-0.15, -0.1) is 0 Å². The van der Waals surface area contributed by atoms with Gasteiger partial charge in [0.1, 0.15) is 0 Å². The molecule has 2 heteroatoms. The summed E-state index contributed by atoms with van der Waals surface area (Å²) >= 11 is 0. The highest BCUT2D eigenvalue weighted by Crippen LogP contribution is 2.23. The third kappa shape index (κ3) is 6.84. The largest absolute Gasteiger partial charge is 0.356 e. The van der Waals surface area contributed by atoms with Crippen molar-refractivity contribution in [1.82, 2.24) is 0 Å². The minimum atomic E-state index is 1.10. The van der Waals surface area contributed by atoms with Crippen LogP contribution in [0.1, 0.15) is 5.56 Å². The molecule has 5 aromatic rings. The van der Waals surface area contributed by atoms with Gasteiger partial charge in [-0.25, -0.2) is 0 Å². The Balaban J connectivity index is 0.000000165. The molecule has 0 aliphatic rings. The Bertz CT molecular complexity index is 1230. The lowest BCUT2D eigenvalue weighted by Gasteiger charge is -2.07. The zero-order valence-electron chi connectivity index (χ0n) is 18.8. The molecule has 0 atom stereocenters. The van der Waals surface area contributed by atoms with Crippen molar-refractivity contribution < 1.29 is 0 Å². The molecule has 0 radical (unpaired) electrons. The number of aryl methyl sites for hydroxylation is 1. The summed E-state index contributed by atoms with van der Waals surface area (Å²) in [6.45, 7) is 2.09. The van der Waals surface area contributed by atoms with Crippen LogP contribution in [0.25, 0.3) is 11.1 Å². The fourth-order valence-electron chi connectivity index (χ4n) is 3.48. The quantitative estimate of drug-likeness (QED) is 0.292. The maximum Gasteiger partial charge on any atom is 0.0386 e. The van der Waals surface area contributed by atoms with Crippen LogP contribution in [0.4, 0.5) is 22.7 Å². The SMILES string of the molecule is Cc1cccc(Nc2ccccc2)c1.c1ccc(Nc2ccc(-c3ccccc3)cc2)cc1. The van der Waals surface area contributed by atoms with Crippen molar-refractivity contribution in [3.05, 3.63) is 145 Å². The summed E-state index contributed by atoms with van der Waals surface area (Å²) in [5.41, 5.74) is 8.22. The van der Waals surface area contributed by atoms with Crippen LogP contribution in [-0.4, -0.2) is 0 Å². The molecule has 0 fully saturated rings. The van der Waals surface area contributed by atoms with Crippen LogP contribution < -0.4 is 10.6 Å². The summed E-state index contributed by atoms with van der Waals surface area (Å²) in [4.78, 5) is 0. The second kappa shape index (κ2) is 11.4. The highest BCUT2D eigenvalue weighted by atomic mass is 14.9. The van der Waals surface area contributed by atoms with E-state index in [4.69, 9.17) is 0 Å². The number of para-hydroxylation sites is 2. The monoisotopic (exact) mass is 428 g/mol. The fraction of sp³-hybridized carbons (Fsp3) is 0.0323. The molecule has 0 aliphatic heterocycles. The molecule has 0 heterocycles. The summed E-state index contributed by atoms with van der Waals surface area (Å²) in [6, 6.07) is 47.6. The number of rotatable bonds is 5. The number of benzene rings is 5. The zero-order valence-corrected chi connectivity index (χ0v) is 18.8. The van der Waals surface area contributed by atoms with Gasteiger partial charge in [0.25, 0.3) is 0 Å². The molecule has 2 N–H and O–H groups in total. The summed E-state index contributed by atoms with van der Waals surface area (Å²) in [5.74, 6) is 0. The lowest BCUT2D eigenvalue weighted by atomic mass is 10.1. The van der Waals surface area contributed by atoms with Crippen LogP contribution in [0.5, 0.6) is 0 Å². The molecule has 5 rings (SSSR count). The Labute approximate surface area is 196 Å². The Morgan fingerprint density at radius 3 is 1.33 bits per heavy atom. The second-order valence-electron chi connectivity index (χ2n) is 7.79. The molecule has 162 valence electrons. The van der Waals surface area contributed by atoms with E-state index in [2.05, 4.69) is 115 Å². The first kappa shape index (κ1) is 21.9. The molecule has 0 saturated heterocycles.